The average molecular weight is 463 g/mol. The largest absolute Gasteiger partial charge is 0.507 e. The van der Waals surface area contributed by atoms with Crippen molar-refractivity contribution in [1.82, 2.24) is 0 Å². The fourth-order valence-electron chi connectivity index (χ4n) is 3.85. The summed E-state index contributed by atoms with van der Waals surface area (Å²) in [4.78, 5) is 27.8. The standard InChI is InChI=1S/C26H25NO7/c1-4-10-33-18-8-5-7-16(12-18)24(28)22-23(21-9-6-11-34-21)27(26(30)25(22)29)17-13-19(31-2)15-20(14-17)32-3/h5-9,11-15,23,28H,4,10H2,1-3H3/b24-22-. The molecule has 0 saturated carbocycles. The van der Waals surface area contributed by atoms with E-state index in [9.17, 15) is 14.7 Å². The number of nitrogens with zero attached hydrogens (tertiary/aromatic N) is 1. The zero-order valence-electron chi connectivity index (χ0n) is 19.1. The van der Waals surface area contributed by atoms with Crippen LogP contribution in [-0.4, -0.2) is 37.6 Å². The highest BCUT2D eigenvalue weighted by molar-refractivity contribution is 6.51. The van der Waals surface area contributed by atoms with Gasteiger partial charge < -0.3 is 23.7 Å². The van der Waals surface area contributed by atoms with Crippen LogP contribution in [0.2, 0.25) is 0 Å². The van der Waals surface area contributed by atoms with E-state index < -0.39 is 17.7 Å². The first-order chi connectivity index (χ1) is 16.5. The van der Waals surface area contributed by atoms with Gasteiger partial charge in [0.05, 0.1) is 38.4 Å². The summed E-state index contributed by atoms with van der Waals surface area (Å²) in [5.74, 6) is -0.213. The number of carbonyl (C=O) groups excluding carboxylic acids is 2. The number of rotatable bonds is 8. The molecule has 2 heterocycles. The number of ketones is 1. The molecule has 1 aliphatic rings. The minimum Gasteiger partial charge on any atom is -0.507 e. The normalized spacial score (nSPS) is 17.1. The molecule has 1 atom stereocenters. The first kappa shape index (κ1) is 23.0. The molecular formula is C26H25NO7. The number of anilines is 1. The monoisotopic (exact) mass is 463 g/mol. The number of furan rings is 1. The Labute approximate surface area is 197 Å². The van der Waals surface area contributed by atoms with Crippen LogP contribution in [0.5, 0.6) is 17.2 Å². The van der Waals surface area contributed by atoms with Crippen LogP contribution in [0.15, 0.2) is 70.9 Å². The van der Waals surface area contributed by atoms with Crippen molar-refractivity contribution >= 4 is 23.1 Å². The Morgan fingerprint density at radius 2 is 1.74 bits per heavy atom. The van der Waals surface area contributed by atoms with Crippen molar-refractivity contribution < 1.29 is 33.3 Å². The lowest BCUT2D eigenvalue weighted by Gasteiger charge is -2.24. The molecule has 0 bridgehead atoms. The van der Waals surface area contributed by atoms with Gasteiger partial charge in [-0.25, -0.2) is 0 Å². The molecule has 3 aromatic rings. The lowest BCUT2D eigenvalue weighted by Crippen LogP contribution is -2.29. The molecule has 8 heteroatoms. The Kier molecular flexibility index (Phi) is 6.58. The van der Waals surface area contributed by atoms with Gasteiger partial charge in [-0.15, -0.1) is 0 Å². The maximum absolute atomic E-state index is 13.2. The van der Waals surface area contributed by atoms with Crippen molar-refractivity contribution in [3.05, 3.63) is 77.8 Å². The SMILES string of the molecule is CCCOc1cccc(/C(O)=C2/C(=O)C(=O)N(c3cc(OC)cc(OC)c3)C2c2ccco2)c1. The van der Waals surface area contributed by atoms with Gasteiger partial charge in [-0.2, -0.15) is 0 Å². The number of hydrogen-bond donors (Lipinski definition) is 1. The van der Waals surface area contributed by atoms with Crippen molar-refractivity contribution in [3.8, 4) is 17.2 Å². The van der Waals surface area contributed by atoms with Crippen LogP contribution < -0.4 is 19.1 Å². The van der Waals surface area contributed by atoms with Gasteiger partial charge in [0.1, 0.15) is 34.8 Å². The molecule has 1 unspecified atom stereocenters. The number of hydrogen-bond acceptors (Lipinski definition) is 7. The molecule has 4 rings (SSSR count). The topological polar surface area (TPSA) is 98.4 Å². The minimum atomic E-state index is -0.993. The smallest absolute Gasteiger partial charge is 0.300 e. The number of Topliss-reactive ketones (excluding diaryl/α,β-unsaturated/α-hetero) is 1. The number of aliphatic hydroxyl groups excluding tert-OH is 1. The summed E-state index contributed by atoms with van der Waals surface area (Å²) in [6, 6.07) is 13.9. The van der Waals surface area contributed by atoms with Gasteiger partial charge in [0.2, 0.25) is 0 Å². The molecule has 1 aliphatic heterocycles. The number of benzene rings is 2. The third kappa shape index (κ3) is 4.22. The number of ether oxygens (including phenoxy) is 3. The van der Waals surface area contributed by atoms with Crippen molar-refractivity contribution in [2.75, 3.05) is 25.7 Å². The van der Waals surface area contributed by atoms with E-state index in [-0.39, 0.29) is 11.3 Å². The van der Waals surface area contributed by atoms with E-state index in [1.165, 1.54) is 25.4 Å². The maximum Gasteiger partial charge on any atom is 0.300 e. The number of carbonyl (C=O) groups is 2. The number of aliphatic hydroxyl groups is 1. The van der Waals surface area contributed by atoms with E-state index in [1.807, 2.05) is 6.92 Å². The molecule has 1 fully saturated rings. The zero-order valence-corrected chi connectivity index (χ0v) is 19.1. The predicted octanol–water partition coefficient (Wildman–Crippen LogP) is 4.71. The summed E-state index contributed by atoms with van der Waals surface area (Å²) in [6.07, 6.45) is 2.27. The summed E-state index contributed by atoms with van der Waals surface area (Å²) >= 11 is 0. The fourth-order valence-corrected chi connectivity index (χ4v) is 3.85. The van der Waals surface area contributed by atoms with Crippen LogP contribution in [0.1, 0.15) is 30.7 Å². The fraction of sp³-hybridized carbons (Fsp3) is 0.231. The molecular weight excluding hydrogens is 438 g/mol. The Hall–Kier alpha value is -4.20. The molecule has 1 aromatic heterocycles. The van der Waals surface area contributed by atoms with Crippen LogP contribution in [-0.2, 0) is 9.59 Å². The molecule has 34 heavy (non-hydrogen) atoms. The highest BCUT2D eigenvalue weighted by Gasteiger charge is 2.48. The Balaban J connectivity index is 1.88. The Bertz CT molecular complexity index is 1210. The quantitative estimate of drug-likeness (QED) is 0.293. The lowest BCUT2D eigenvalue weighted by molar-refractivity contribution is -0.132. The second kappa shape index (κ2) is 9.74. The van der Waals surface area contributed by atoms with E-state index in [4.69, 9.17) is 18.6 Å². The first-order valence-corrected chi connectivity index (χ1v) is 10.8. The summed E-state index contributed by atoms with van der Waals surface area (Å²) < 4.78 is 21.9. The second-order valence-corrected chi connectivity index (χ2v) is 7.63. The molecule has 0 radical (unpaired) electrons. The molecule has 0 aliphatic carbocycles. The summed E-state index contributed by atoms with van der Waals surface area (Å²) in [6.45, 7) is 2.50. The summed E-state index contributed by atoms with van der Waals surface area (Å²) in [5, 5.41) is 11.2. The van der Waals surface area contributed by atoms with Gasteiger partial charge in [-0.1, -0.05) is 19.1 Å². The van der Waals surface area contributed by atoms with Gasteiger partial charge in [-0.05, 0) is 30.7 Å². The Morgan fingerprint density at radius 3 is 2.35 bits per heavy atom. The Morgan fingerprint density at radius 1 is 1.00 bits per heavy atom. The molecule has 2 aromatic carbocycles. The van der Waals surface area contributed by atoms with Crippen LogP contribution >= 0.6 is 0 Å². The van der Waals surface area contributed by atoms with Gasteiger partial charge in [0.15, 0.2) is 0 Å². The van der Waals surface area contributed by atoms with Crippen LogP contribution in [0.4, 0.5) is 5.69 Å². The van der Waals surface area contributed by atoms with Crippen LogP contribution in [0.3, 0.4) is 0 Å². The van der Waals surface area contributed by atoms with E-state index in [0.717, 1.165) is 6.42 Å². The van der Waals surface area contributed by atoms with Gasteiger partial charge in [0.25, 0.3) is 11.7 Å². The third-order valence-electron chi connectivity index (χ3n) is 5.45. The van der Waals surface area contributed by atoms with Crippen molar-refractivity contribution in [1.29, 1.82) is 0 Å². The highest BCUT2D eigenvalue weighted by atomic mass is 16.5. The maximum atomic E-state index is 13.2. The van der Waals surface area contributed by atoms with Crippen molar-refractivity contribution in [2.45, 2.75) is 19.4 Å². The first-order valence-electron chi connectivity index (χ1n) is 10.8. The molecule has 1 N–H and O–H groups in total. The average Bonchev–Trinajstić information content (AvgIpc) is 3.49. The van der Waals surface area contributed by atoms with Crippen LogP contribution in [0.25, 0.3) is 5.76 Å². The zero-order chi connectivity index (χ0) is 24.2. The predicted molar refractivity (Wildman–Crippen MR) is 125 cm³/mol. The van der Waals surface area contributed by atoms with E-state index >= 15 is 0 Å². The number of methoxy groups -OCH3 is 2. The number of amides is 1. The van der Waals surface area contributed by atoms with E-state index in [1.54, 1.807) is 54.6 Å². The van der Waals surface area contributed by atoms with Gasteiger partial charge in [-0.3, -0.25) is 14.5 Å². The van der Waals surface area contributed by atoms with Crippen molar-refractivity contribution in [3.63, 3.8) is 0 Å². The summed E-state index contributed by atoms with van der Waals surface area (Å²) in [5.41, 5.74) is 0.625. The molecule has 1 amide bonds. The van der Waals surface area contributed by atoms with E-state index in [2.05, 4.69) is 0 Å². The lowest BCUT2D eigenvalue weighted by atomic mass is 9.99. The van der Waals surface area contributed by atoms with Crippen molar-refractivity contribution in [2.24, 2.45) is 0 Å². The molecule has 0 spiro atoms. The molecule has 176 valence electrons. The van der Waals surface area contributed by atoms with E-state index in [0.29, 0.717) is 40.9 Å². The minimum absolute atomic E-state index is 0.0885. The van der Waals surface area contributed by atoms with Crippen LogP contribution in [0, 0.1) is 0 Å². The summed E-state index contributed by atoms with van der Waals surface area (Å²) in [7, 11) is 2.98. The molecule has 1 saturated heterocycles. The molecule has 8 nitrogen and oxygen atoms in total. The van der Waals surface area contributed by atoms with Gasteiger partial charge >= 0.3 is 0 Å². The highest BCUT2D eigenvalue weighted by Crippen LogP contribution is 2.44. The second-order valence-electron chi connectivity index (χ2n) is 7.63. The third-order valence-corrected chi connectivity index (χ3v) is 5.45. The van der Waals surface area contributed by atoms with Gasteiger partial charge in [0, 0.05) is 23.8 Å².